The third-order valence-corrected chi connectivity index (χ3v) is 23.6. The second kappa shape index (κ2) is 34.5. The lowest BCUT2D eigenvalue weighted by atomic mass is 9.91. The van der Waals surface area contributed by atoms with Crippen molar-refractivity contribution in [3.8, 4) is 87.3 Å². The van der Waals surface area contributed by atoms with E-state index in [1.807, 2.05) is 228 Å². The van der Waals surface area contributed by atoms with E-state index >= 15 is 0 Å². The number of halogens is 3. The number of hydrogen-bond donors (Lipinski definition) is 2. The van der Waals surface area contributed by atoms with Crippen LogP contribution in [-0.4, -0.2) is 86.0 Å². The first-order valence-electron chi connectivity index (χ1n) is 38.1. The normalized spacial score (nSPS) is 12.8. The Hall–Kier alpha value is -9.61. The van der Waals surface area contributed by atoms with Gasteiger partial charge in [-0.25, -0.2) is 24.5 Å². The molecule has 0 saturated heterocycles. The zero-order valence-electron chi connectivity index (χ0n) is 68.9. The molecule has 5 aromatic heterocycles. The maximum Gasteiger partial charge on any atom is 0.347 e. The summed E-state index contributed by atoms with van der Waals surface area (Å²) >= 11 is 23.5. The van der Waals surface area contributed by atoms with Crippen molar-refractivity contribution in [1.29, 1.82) is 0 Å². The summed E-state index contributed by atoms with van der Waals surface area (Å²) in [5.74, 6) is -2.39. The monoisotopic (exact) mass is 1670 g/mol. The van der Waals surface area contributed by atoms with Crippen molar-refractivity contribution in [3.05, 3.63) is 242 Å². The van der Waals surface area contributed by atoms with Crippen LogP contribution >= 0.6 is 68.8 Å². The van der Waals surface area contributed by atoms with Crippen LogP contribution in [0, 0.1) is 47.0 Å². The van der Waals surface area contributed by atoms with Gasteiger partial charge in [0.05, 0.1) is 71.9 Å². The summed E-state index contributed by atoms with van der Waals surface area (Å²) in [4.78, 5) is 54.0. The Morgan fingerprint density at radius 1 is 0.431 bits per heavy atom. The molecule has 14 rings (SSSR count). The molecule has 0 radical (unpaired) electrons. The van der Waals surface area contributed by atoms with Crippen LogP contribution in [0.4, 0.5) is 0 Å². The SMILES string of the molecule is Cc1cc2nc(-c3cccc(-c4cnn(C)c4C)c3)sc2c(-c2ccc(Cl)cc2)c1[C@@H](CO)OC(C)(C)C.Cc1cc2nc(-c3cccc(-c4cnn(C)c4C)c3)sc2c(-c2ccc(Cl)cc2)c1[C@H](OC(C)(C)C)C(=O)O.Cc1cccc(-c2nc3cc(C)c([C@H](OC(C)(C)C)C(=O)OC(=O)C(C)(C)C)c(-c4ccc(Cl)cc4)c3s2)c1. The molecule has 16 nitrogen and oxygen atoms in total. The first-order chi connectivity index (χ1) is 54.6. The van der Waals surface area contributed by atoms with E-state index in [1.54, 1.807) is 54.8 Å². The Morgan fingerprint density at radius 2 is 0.767 bits per heavy atom. The predicted octanol–water partition coefficient (Wildman–Crippen LogP) is 25.3. The number of benzene rings is 9. The minimum Gasteiger partial charge on any atom is -0.479 e. The largest absolute Gasteiger partial charge is 0.479 e. The van der Waals surface area contributed by atoms with Crippen LogP contribution in [0.5, 0.6) is 0 Å². The van der Waals surface area contributed by atoms with Crippen molar-refractivity contribution in [2.75, 3.05) is 6.61 Å². The summed E-state index contributed by atoms with van der Waals surface area (Å²) in [5.41, 5.74) is 21.0. The molecule has 600 valence electrons. The van der Waals surface area contributed by atoms with E-state index in [4.69, 9.17) is 68.7 Å². The minimum absolute atomic E-state index is 0.123. The Labute approximate surface area is 705 Å². The third-order valence-electron chi connectivity index (χ3n) is 19.5. The van der Waals surface area contributed by atoms with E-state index < -0.39 is 58.4 Å². The first kappa shape index (κ1) is 85.8. The van der Waals surface area contributed by atoms with E-state index in [2.05, 4.69) is 85.6 Å². The van der Waals surface area contributed by atoms with Crippen molar-refractivity contribution in [2.45, 2.75) is 160 Å². The number of hydrogen-bond acceptors (Lipinski definition) is 16. The number of carbonyl (C=O) groups excluding carboxylic acids is 2. The molecule has 0 aliphatic rings. The van der Waals surface area contributed by atoms with Gasteiger partial charge < -0.3 is 29.2 Å². The molecule has 116 heavy (non-hydrogen) atoms. The van der Waals surface area contributed by atoms with Gasteiger partial charge in [0.2, 0.25) is 0 Å². The fourth-order valence-corrected chi connectivity index (χ4v) is 17.6. The lowest BCUT2D eigenvalue weighted by Gasteiger charge is -2.29. The van der Waals surface area contributed by atoms with Gasteiger partial charge in [0.15, 0.2) is 12.2 Å². The first-order valence-corrected chi connectivity index (χ1v) is 41.7. The molecule has 0 saturated carbocycles. The molecular weight excluding hydrogens is 1570 g/mol. The highest BCUT2D eigenvalue weighted by Gasteiger charge is 2.38. The standard InChI is InChI=1S/C32H34ClNO4S.C31H30ClN3O3S.C31H32ClN3O2S/c1-18-10-9-11-21(16-18)28-34-23-17-19(2)24(25(27(23)39-28)20-12-14-22(33)15-13-20)26(38-32(6,7)8)29(35)37-30(36)31(3,4)5;1-17-14-24-28(39-29(34-24)21-9-7-8-20(15-21)23-16-33-35(6)18(23)2)26(19-10-12-22(32)13-11-19)25(17)27(30(36)37)38-31(3,4)5;1-18-14-25-29(28(20-10-12-23(32)13-11-20)27(18)26(17-36)37-31(3,4)5)38-30(34-25)22-9-7-8-21(15-22)24-16-33-35(6)19(24)2/h9-17,26H,1-8H3;7-16,27H,1-6H3,(H,36,37);7-16,26,36H,17H2,1-6H3/t26-;27-;26-/m001/s1. The van der Waals surface area contributed by atoms with Gasteiger partial charge in [-0.05, 0) is 247 Å². The molecule has 0 fully saturated rings. The van der Waals surface area contributed by atoms with Gasteiger partial charge in [0.25, 0.3) is 0 Å². The average Bonchev–Trinajstić information content (AvgIpc) is 1.41. The molecule has 0 aliphatic heterocycles. The maximum atomic E-state index is 13.7. The number of nitrogens with zero attached hydrogens (tertiary/aromatic N) is 7. The van der Waals surface area contributed by atoms with Crippen LogP contribution in [0.25, 0.3) is 118 Å². The second-order valence-electron chi connectivity index (χ2n) is 33.1. The van der Waals surface area contributed by atoms with Gasteiger partial charge in [-0.2, -0.15) is 10.2 Å². The Balaban J connectivity index is 0.000000160. The molecule has 5 heterocycles. The molecule has 22 heteroatoms. The number of esters is 2. The number of aromatic nitrogens is 7. The number of aryl methyl sites for hydroxylation is 6. The summed E-state index contributed by atoms with van der Waals surface area (Å²) in [7, 11) is 3.89. The maximum absolute atomic E-state index is 13.7. The lowest BCUT2D eigenvalue weighted by molar-refractivity contribution is -0.179. The van der Waals surface area contributed by atoms with Gasteiger partial charge in [-0.15, -0.1) is 34.0 Å². The number of aliphatic hydroxyl groups excluding tert-OH is 1. The van der Waals surface area contributed by atoms with E-state index in [0.29, 0.717) is 26.2 Å². The average molecular weight is 1670 g/mol. The quantitative estimate of drug-likeness (QED) is 0.0643. The van der Waals surface area contributed by atoms with Crippen molar-refractivity contribution in [1.82, 2.24) is 34.5 Å². The molecule has 0 amide bonds. The van der Waals surface area contributed by atoms with Gasteiger partial charge in [-0.3, -0.25) is 14.2 Å². The number of rotatable bonds is 17. The van der Waals surface area contributed by atoms with Crippen LogP contribution < -0.4 is 0 Å². The number of thiazole rings is 3. The van der Waals surface area contributed by atoms with Crippen molar-refractivity contribution in [2.24, 2.45) is 19.5 Å². The van der Waals surface area contributed by atoms with E-state index in [1.165, 1.54) is 0 Å². The van der Waals surface area contributed by atoms with Crippen molar-refractivity contribution < 1.29 is 43.5 Å². The minimum atomic E-state index is -1.15. The predicted molar refractivity (Wildman–Crippen MR) is 475 cm³/mol. The van der Waals surface area contributed by atoms with Gasteiger partial charge in [-0.1, -0.05) is 131 Å². The lowest BCUT2D eigenvalue weighted by Crippen LogP contribution is -2.33. The highest BCUT2D eigenvalue weighted by molar-refractivity contribution is 7.23. The zero-order chi connectivity index (χ0) is 83.9. The Kier molecular flexibility index (Phi) is 25.5. The fraction of sp³-hybridized carbons (Fsp3) is 0.298. The van der Waals surface area contributed by atoms with Crippen LogP contribution in [0.1, 0.15) is 152 Å². The van der Waals surface area contributed by atoms with Crippen LogP contribution in [-0.2, 0) is 47.4 Å². The molecular formula is C94H96Cl3N7O9S3. The number of aliphatic carboxylic acids is 1. The van der Waals surface area contributed by atoms with E-state index in [-0.39, 0.29) is 6.61 Å². The van der Waals surface area contributed by atoms with Crippen LogP contribution in [0.15, 0.2) is 176 Å². The van der Waals surface area contributed by atoms with E-state index in [9.17, 15) is 24.6 Å². The van der Waals surface area contributed by atoms with Crippen LogP contribution in [0.3, 0.4) is 0 Å². The van der Waals surface area contributed by atoms with Gasteiger partial charge in [0.1, 0.15) is 21.1 Å². The fourth-order valence-electron chi connectivity index (χ4n) is 13.9. The topological polar surface area (TPSA) is 203 Å². The van der Waals surface area contributed by atoms with E-state index in [0.717, 1.165) is 157 Å². The van der Waals surface area contributed by atoms with Gasteiger partial charge in [0, 0.05) is 96.2 Å². The summed E-state index contributed by atoms with van der Waals surface area (Å²) in [6.45, 7) is 34.3. The Morgan fingerprint density at radius 3 is 1.10 bits per heavy atom. The Bertz CT molecular complexity index is 6010. The molecule has 0 aliphatic carbocycles. The molecule has 0 unspecified atom stereocenters. The number of carbonyl (C=O) groups is 3. The molecule has 0 spiro atoms. The van der Waals surface area contributed by atoms with Crippen molar-refractivity contribution in [3.63, 3.8) is 0 Å². The highest BCUT2D eigenvalue weighted by atomic mass is 35.5. The number of ether oxygens (including phenoxy) is 4. The van der Waals surface area contributed by atoms with Crippen molar-refractivity contribution >= 4 is 117 Å². The van der Waals surface area contributed by atoms with Gasteiger partial charge >= 0.3 is 17.9 Å². The number of carboxylic acids is 1. The molecule has 3 atom stereocenters. The van der Waals surface area contributed by atoms with Crippen LogP contribution in [0.2, 0.25) is 15.1 Å². The molecule has 14 aromatic rings. The molecule has 2 N–H and O–H groups in total. The third kappa shape index (κ3) is 19.5. The zero-order valence-corrected chi connectivity index (χ0v) is 73.6. The second-order valence-corrected chi connectivity index (χ2v) is 37.4. The summed E-state index contributed by atoms with van der Waals surface area (Å²) in [6, 6.07) is 53.8. The number of fused-ring (bicyclic) bond motifs is 3. The summed E-state index contributed by atoms with van der Waals surface area (Å²) < 4.78 is 30.9. The number of aliphatic hydroxyl groups is 1. The number of carboxylic acid groups (broad SMARTS) is 1. The summed E-state index contributed by atoms with van der Waals surface area (Å²) in [5, 5.41) is 34.1. The smallest absolute Gasteiger partial charge is 0.347 e. The summed E-state index contributed by atoms with van der Waals surface area (Å²) in [6.07, 6.45) is 1.01. The highest BCUT2D eigenvalue weighted by Crippen LogP contribution is 2.50. The molecule has 9 aromatic carbocycles. The molecule has 0 bridgehead atoms.